The molecule has 2 heterocycles. The lowest BCUT2D eigenvalue weighted by Gasteiger charge is -2.24. The van der Waals surface area contributed by atoms with Crippen molar-refractivity contribution in [3.63, 3.8) is 0 Å². The molecule has 1 aromatic carbocycles. The zero-order valence-corrected chi connectivity index (χ0v) is 12.4. The van der Waals surface area contributed by atoms with Crippen molar-refractivity contribution in [1.29, 1.82) is 0 Å². The van der Waals surface area contributed by atoms with Gasteiger partial charge in [-0.3, -0.25) is 4.84 Å². The highest BCUT2D eigenvalue weighted by Gasteiger charge is 2.50. The molecule has 2 aliphatic heterocycles. The summed E-state index contributed by atoms with van der Waals surface area (Å²) in [6.07, 6.45) is -2.65. The lowest BCUT2D eigenvalue weighted by atomic mass is 10.1. The van der Waals surface area contributed by atoms with Gasteiger partial charge in [-0.25, -0.2) is 0 Å². The van der Waals surface area contributed by atoms with E-state index < -0.39 is 28.2 Å². The van der Waals surface area contributed by atoms with E-state index in [2.05, 4.69) is 0 Å². The first-order valence-electron chi connectivity index (χ1n) is 6.93. The molecule has 2 unspecified atom stereocenters. The summed E-state index contributed by atoms with van der Waals surface area (Å²) in [4.78, 5) is 5.07. The Labute approximate surface area is 126 Å². The second kappa shape index (κ2) is 5.48. The van der Waals surface area contributed by atoms with Gasteiger partial charge in [0.15, 0.2) is 6.23 Å². The third kappa shape index (κ3) is 2.98. The summed E-state index contributed by atoms with van der Waals surface area (Å²) in [5.74, 6) is 0. The maximum Gasteiger partial charge on any atom is 0.416 e. The van der Waals surface area contributed by atoms with E-state index in [9.17, 15) is 21.6 Å². The molecular formula is C13H15F3N2O3S. The molecule has 2 atom stereocenters. The van der Waals surface area contributed by atoms with Crippen molar-refractivity contribution in [1.82, 2.24) is 8.77 Å². The first-order valence-corrected chi connectivity index (χ1v) is 8.33. The highest BCUT2D eigenvalue weighted by atomic mass is 32.2. The Bertz CT molecular complexity index is 639. The second-order valence-corrected chi connectivity index (χ2v) is 7.07. The van der Waals surface area contributed by atoms with Gasteiger partial charge in [0.1, 0.15) is 0 Å². The van der Waals surface area contributed by atoms with E-state index in [0.29, 0.717) is 18.7 Å². The van der Waals surface area contributed by atoms with Crippen LogP contribution in [0.3, 0.4) is 0 Å². The summed E-state index contributed by atoms with van der Waals surface area (Å²) in [6, 6.07) is 4.31. The number of rotatable bonds is 3. The van der Waals surface area contributed by atoms with Crippen molar-refractivity contribution in [2.45, 2.75) is 31.7 Å². The van der Waals surface area contributed by atoms with Crippen molar-refractivity contribution in [2.24, 2.45) is 0 Å². The standard InChI is InChI=1S/C13H15F3N2O3S/c14-13(15,16)11-6-4-10(5-7-11)12-18(21-12)22(19,20)17-8-2-1-3-9-17/h4-7,12H,1-3,8-9H2. The molecular weight excluding hydrogens is 321 g/mol. The molecule has 9 heteroatoms. The molecule has 2 saturated heterocycles. The van der Waals surface area contributed by atoms with Gasteiger partial charge in [0.25, 0.3) is 0 Å². The van der Waals surface area contributed by atoms with Gasteiger partial charge in [-0.05, 0) is 29.4 Å². The third-order valence-corrected chi connectivity index (χ3v) is 5.49. The number of alkyl halides is 3. The van der Waals surface area contributed by atoms with Crippen LogP contribution < -0.4 is 0 Å². The predicted octanol–water partition coefficient (Wildman–Crippen LogP) is 2.68. The highest BCUT2D eigenvalue weighted by molar-refractivity contribution is 7.86. The molecule has 5 nitrogen and oxygen atoms in total. The van der Waals surface area contributed by atoms with Crippen LogP contribution in [0.5, 0.6) is 0 Å². The first-order chi connectivity index (χ1) is 10.3. The molecule has 0 aliphatic carbocycles. The van der Waals surface area contributed by atoms with Crippen LogP contribution in [0, 0.1) is 0 Å². The van der Waals surface area contributed by atoms with Crippen molar-refractivity contribution in [3.05, 3.63) is 35.4 Å². The van der Waals surface area contributed by atoms with Gasteiger partial charge in [-0.15, -0.1) is 0 Å². The molecule has 0 aromatic heterocycles. The molecule has 0 N–H and O–H groups in total. The Morgan fingerprint density at radius 2 is 1.64 bits per heavy atom. The minimum atomic E-state index is -4.41. The summed E-state index contributed by atoms with van der Waals surface area (Å²) < 4.78 is 64.3. The van der Waals surface area contributed by atoms with Crippen molar-refractivity contribution >= 4 is 10.2 Å². The molecule has 2 fully saturated rings. The Morgan fingerprint density at radius 3 is 2.18 bits per heavy atom. The van der Waals surface area contributed by atoms with Crippen molar-refractivity contribution in [3.8, 4) is 0 Å². The van der Waals surface area contributed by atoms with E-state index in [4.69, 9.17) is 4.84 Å². The summed E-state index contributed by atoms with van der Waals surface area (Å²) in [5.41, 5.74) is -0.393. The van der Waals surface area contributed by atoms with Gasteiger partial charge in [-0.1, -0.05) is 18.6 Å². The van der Waals surface area contributed by atoms with E-state index in [0.717, 1.165) is 35.9 Å². The number of nitrogens with zero attached hydrogens (tertiary/aromatic N) is 2. The van der Waals surface area contributed by atoms with Crippen LogP contribution in [0.15, 0.2) is 24.3 Å². The predicted molar refractivity (Wildman–Crippen MR) is 71.5 cm³/mol. The Balaban J connectivity index is 1.71. The number of hydroxylamine groups is 1. The quantitative estimate of drug-likeness (QED) is 0.798. The van der Waals surface area contributed by atoms with E-state index in [1.165, 1.54) is 16.4 Å². The van der Waals surface area contributed by atoms with Crippen molar-refractivity contribution < 1.29 is 26.4 Å². The molecule has 3 rings (SSSR count). The molecule has 0 saturated carbocycles. The van der Waals surface area contributed by atoms with Crippen LogP contribution in [0.25, 0.3) is 0 Å². The minimum Gasteiger partial charge on any atom is -0.253 e. The highest BCUT2D eigenvalue weighted by Crippen LogP contribution is 2.42. The average Bonchev–Trinajstić information content (AvgIpc) is 3.29. The fraction of sp³-hybridized carbons (Fsp3) is 0.538. The Kier molecular flexibility index (Phi) is 3.92. The molecule has 0 amide bonds. The normalized spacial score (nSPS) is 26.9. The lowest BCUT2D eigenvalue weighted by molar-refractivity contribution is -0.137. The van der Waals surface area contributed by atoms with Crippen LogP contribution in [0.1, 0.15) is 36.6 Å². The SMILES string of the molecule is O=S(=O)(N1CCCCC1)N1OC1c1ccc(C(F)(F)F)cc1. The summed E-state index contributed by atoms with van der Waals surface area (Å²) in [7, 11) is -3.70. The van der Waals surface area contributed by atoms with Crippen LogP contribution in [0.4, 0.5) is 13.2 Å². The molecule has 0 radical (unpaired) electrons. The van der Waals surface area contributed by atoms with Gasteiger partial charge < -0.3 is 0 Å². The third-order valence-electron chi connectivity index (χ3n) is 3.74. The Morgan fingerprint density at radius 1 is 1.05 bits per heavy atom. The Hall–Kier alpha value is -1.16. The number of hydrogen-bond donors (Lipinski definition) is 0. The first kappa shape index (κ1) is 15.7. The van der Waals surface area contributed by atoms with Gasteiger partial charge in [0.2, 0.25) is 0 Å². The maximum atomic E-state index is 12.5. The van der Waals surface area contributed by atoms with Crippen LogP contribution >= 0.6 is 0 Å². The molecule has 1 aromatic rings. The fourth-order valence-electron chi connectivity index (χ4n) is 2.48. The van der Waals surface area contributed by atoms with Crippen LogP contribution in [-0.4, -0.2) is 30.3 Å². The monoisotopic (exact) mass is 336 g/mol. The largest absolute Gasteiger partial charge is 0.416 e. The maximum absolute atomic E-state index is 12.5. The molecule has 22 heavy (non-hydrogen) atoms. The molecule has 0 bridgehead atoms. The number of benzene rings is 1. The minimum absolute atomic E-state index is 0.383. The van der Waals surface area contributed by atoms with E-state index in [1.807, 2.05) is 0 Å². The van der Waals surface area contributed by atoms with Crippen molar-refractivity contribution in [2.75, 3.05) is 13.1 Å². The van der Waals surface area contributed by atoms with Gasteiger partial charge in [0, 0.05) is 18.7 Å². The summed E-state index contributed by atoms with van der Waals surface area (Å²) in [6.45, 7) is 0.893. The zero-order valence-electron chi connectivity index (χ0n) is 11.6. The lowest BCUT2D eigenvalue weighted by Crippen LogP contribution is -2.39. The zero-order chi connectivity index (χ0) is 16.0. The van der Waals surface area contributed by atoms with Gasteiger partial charge >= 0.3 is 16.4 Å². The number of piperidine rings is 1. The summed E-state index contributed by atoms with van der Waals surface area (Å²) in [5, 5.41) is 0. The van der Waals surface area contributed by atoms with Gasteiger partial charge in [-0.2, -0.15) is 25.9 Å². The second-order valence-electron chi connectivity index (χ2n) is 5.30. The van der Waals surface area contributed by atoms with Gasteiger partial charge in [0.05, 0.1) is 5.56 Å². The average molecular weight is 336 g/mol. The van der Waals surface area contributed by atoms with E-state index >= 15 is 0 Å². The number of hydrogen-bond acceptors (Lipinski definition) is 3. The molecule has 2 aliphatic rings. The smallest absolute Gasteiger partial charge is 0.253 e. The topological polar surface area (TPSA) is 52.9 Å². The fourth-order valence-corrected chi connectivity index (χ4v) is 3.98. The van der Waals surface area contributed by atoms with Crippen LogP contribution in [-0.2, 0) is 21.2 Å². The molecule has 0 spiro atoms. The number of halogens is 3. The molecule has 122 valence electrons. The van der Waals surface area contributed by atoms with E-state index in [1.54, 1.807) is 0 Å². The summed E-state index contributed by atoms with van der Waals surface area (Å²) >= 11 is 0. The van der Waals surface area contributed by atoms with E-state index in [-0.39, 0.29) is 0 Å². The van der Waals surface area contributed by atoms with Crippen LogP contribution in [0.2, 0.25) is 0 Å².